The minimum atomic E-state index is -0.303. The zero-order valence-corrected chi connectivity index (χ0v) is 18.1. The maximum absolute atomic E-state index is 9.62. The molecule has 0 aliphatic carbocycles. The second kappa shape index (κ2) is 9.85. The summed E-state index contributed by atoms with van der Waals surface area (Å²) in [7, 11) is 0. The lowest BCUT2D eigenvalue weighted by molar-refractivity contribution is 0.271. The molecule has 0 radical (unpaired) electrons. The minimum absolute atomic E-state index is 0.258. The molecule has 1 aromatic heterocycles. The Morgan fingerprint density at radius 1 is 0.588 bits per heavy atom. The third-order valence-corrected chi connectivity index (χ3v) is 4.99. The highest BCUT2D eigenvalue weighted by molar-refractivity contribution is 5.86. The van der Waals surface area contributed by atoms with Crippen LogP contribution >= 0.6 is 0 Å². The average molecular weight is 448 g/mol. The van der Waals surface area contributed by atoms with Crippen molar-refractivity contribution in [3.63, 3.8) is 0 Å². The van der Waals surface area contributed by atoms with Crippen LogP contribution in [-0.2, 0) is 6.61 Å². The van der Waals surface area contributed by atoms with Crippen LogP contribution in [0.5, 0.6) is 0 Å². The second-order valence-corrected chi connectivity index (χ2v) is 7.45. The lowest BCUT2D eigenvalue weighted by Crippen LogP contribution is -2.07. The number of rotatable bonds is 7. The molecule has 8 heteroatoms. The largest absolute Gasteiger partial charge is 0.388 e. The molecule has 0 amide bonds. The minimum Gasteiger partial charge on any atom is -0.388 e. The molecule has 1 heterocycles. The van der Waals surface area contributed by atoms with Gasteiger partial charge in [0.1, 0.15) is 6.61 Å². The lowest BCUT2D eigenvalue weighted by atomic mass is 10.1. The highest BCUT2D eigenvalue weighted by atomic mass is 16.3. The average Bonchev–Trinajstić information content (AvgIpc) is 2.88. The Morgan fingerprint density at radius 2 is 1.18 bits per heavy atom. The van der Waals surface area contributed by atoms with Gasteiger partial charge in [-0.3, -0.25) is 0 Å². The Kier molecular flexibility index (Phi) is 6.13. The van der Waals surface area contributed by atoms with Gasteiger partial charge in [-0.15, -0.1) is 0 Å². The first kappa shape index (κ1) is 21.2. The van der Waals surface area contributed by atoms with E-state index in [4.69, 9.17) is 0 Å². The summed E-state index contributed by atoms with van der Waals surface area (Å²) < 4.78 is 0. The predicted octanol–water partition coefficient (Wildman–Crippen LogP) is 6.42. The summed E-state index contributed by atoms with van der Waals surface area (Å²) >= 11 is 0. The molecule has 5 rings (SSSR count). The van der Waals surface area contributed by atoms with Crippen LogP contribution in [0.25, 0.3) is 10.8 Å². The molecule has 8 nitrogen and oxygen atoms in total. The molecule has 0 bridgehead atoms. The third-order valence-electron chi connectivity index (χ3n) is 4.99. The van der Waals surface area contributed by atoms with Gasteiger partial charge in [0, 0.05) is 11.4 Å². The van der Waals surface area contributed by atoms with Gasteiger partial charge in [0.25, 0.3) is 0 Å². The molecule has 0 spiro atoms. The maximum atomic E-state index is 9.62. The fourth-order valence-electron chi connectivity index (χ4n) is 3.35. The quantitative estimate of drug-likeness (QED) is 0.249. The number of hydrogen-bond donors (Lipinski definition) is 3. The van der Waals surface area contributed by atoms with Crippen molar-refractivity contribution in [2.24, 2.45) is 10.2 Å². The zero-order valence-electron chi connectivity index (χ0n) is 18.1. The zero-order chi connectivity index (χ0) is 23.2. The molecular weight excluding hydrogens is 426 g/mol. The van der Waals surface area contributed by atoms with Gasteiger partial charge in [-0.1, -0.05) is 48.5 Å². The van der Waals surface area contributed by atoms with E-state index in [0.717, 1.165) is 33.5 Å². The van der Waals surface area contributed by atoms with Crippen molar-refractivity contribution in [3.8, 4) is 0 Å². The van der Waals surface area contributed by atoms with Gasteiger partial charge in [0.05, 0.1) is 11.4 Å². The van der Waals surface area contributed by atoms with Crippen LogP contribution < -0.4 is 10.6 Å². The van der Waals surface area contributed by atoms with Crippen LogP contribution in [0.3, 0.4) is 0 Å². The standard InChI is InChI=1S/C26H21N7O/c34-17-24-29-25(27-20-12-14-22(15-13-20)33-32-21-8-2-1-3-9-21)31-26(30-24)28-23-11-10-18-6-4-5-7-19(18)16-23/h1-16,34H,17H2,(H2,27,28,29,30,31). The molecule has 4 aromatic carbocycles. The fraction of sp³-hybridized carbons (Fsp3) is 0.0385. The van der Waals surface area contributed by atoms with Crippen molar-refractivity contribution in [2.45, 2.75) is 6.61 Å². The normalized spacial score (nSPS) is 11.1. The van der Waals surface area contributed by atoms with Crippen LogP contribution in [0, 0.1) is 0 Å². The van der Waals surface area contributed by atoms with Crippen molar-refractivity contribution in [2.75, 3.05) is 10.6 Å². The molecule has 0 aliphatic rings. The number of hydrogen-bond acceptors (Lipinski definition) is 8. The van der Waals surface area contributed by atoms with Gasteiger partial charge >= 0.3 is 0 Å². The van der Waals surface area contributed by atoms with Crippen LogP contribution in [0.4, 0.5) is 34.6 Å². The van der Waals surface area contributed by atoms with Crippen LogP contribution in [-0.4, -0.2) is 20.1 Å². The Morgan fingerprint density at radius 3 is 1.88 bits per heavy atom. The number of anilines is 4. The summed E-state index contributed by atoms with van der Waals surface area (Å²) in [6, 6.07) is 31.1. The summed E-state index contributed by atoms with van der Waals surface area (Å²) in [5, 5.41) is 26.7. The number of azo groups is 1. The number of aliphatic hydroxyl groups excluding tert-OH is 1. The molecule has 5 aromatic rings. The Labute approximate surface area is 196 Å². The molecule has 0 aliphatic heterocycles. The van der Waals surface area contributed by atoms with E-state index >= 15 is 0 Å². The van der Waals surface area contributed by atoms with Gasteiger partial charge in [-0.25, -0.2) is 0 Å². The predicted molar refractivity (Wildman–Crippen MR) is 133 cm³/mol. The number of benzene rings is 4. The first-order chi connectivity index (χ1) is 16.7. The topological polar surface area (TPSA) is 108 Å². The smallest absolute Gasteiger partial charge is 0.232 e. The Bertz CT molecular complexity index is 1440. The number of fused-ring (bicyclic) bond motifs is 1. The molecule has 3 N–H and O–H groups in total. The number of aliphatic hydroxyl groups is 1. The van der Waals surface area contributed by atoms with Crippen molar-refractivity contribution in [3.05, 3.63) is 103 Å². The number of nitrogens with one attached hydrogen (secondary N) is 2. The Balaban J connectivity index is 1.32. The summed E-state index contributed by atoms with van der Waals surface area (Å²) in [6.45, 7) is -0.303. The van der Waals surface area contributed by atoms with Crippen LogP contribution in [0.2, 0.25) is 0 Å². The first-order valence-corrected chi connectivity index (χ1v) is 10.7. The van der Waals surface area contributed by atoms with E-state index in [1.807, 2.05) is 91.0 Å². The molecule has 0 saturated heterocycles. The van der Waals surface area contributed by atoms with E-state index in [-0.39, 0.29) is 12.4 Å². The molecule has 166 valence electrons. The van der Waals surface area contributed by atoms with E-state index in [9.17, 15) is 5.11 Å². The highest BCUT2D eigenvalue weighted by Gasteiger charge is 2.08. The summed E-state index contributed by atoms with van der Waals surface area (Å²) in [5.41, 5.74) is 3.12. The second-order valence-electron chi connectivity index (χ2n) is 7.45. The van der Waals surface area contributed by atoms with Crippen molar-refractivity contribution in [1.29, 1.82) is 0 Å². The summed E-state index contributed by atoms with van der Waals surface area (Å²) in [6.07, 6.45) is 0. The highest BCUT2D eigenvalue weighted by Crippen LogP contribution is 2.24. The molecular formula is C26H21N7O. The van der Waals surface area contributed by atoms with Gasteiger partial charge in [-0.05, 0) is 59.3 Å². The monoisotopic (exact) mass is 447 g/mol. The molecule has 34 heavy (non-hydrogen) atoms. The Hall–Kier alpha value is -4.69. The number of nitrogens with zero attached hydrogens (tertiary/aromatic N) is 5. The van der Waals surface area contributed by atoms with Gasteiger partial charge < -0.3 is 15.7 Å². The van der Waals surface area contributed by atoms with Crippen molar-refractivity contribution < 1.29 is 5.11 Å². The van der Waals surface area contributed by atoms with Crippen molar-refractivity contribution in [1.82, 2.24) is 15.0 Å². The van der Waals surface area contributed by atoms with E-state index in [2.05, 4.69) is 41.9 Å². The van der Waals surface area contributed by atoms with E-state index < -0.39 is 0 Å². The van der Waals surface area contributed by atoms with E-state index in [1.54, 1.807) is 0 Å². The van der Waals surface area contributed by atoms with E-state index in [1.165, 1.54) is 0 Å². The van der Waals surface area contributed by atoms with Gasteiger partial charge in [0.2, 0.25) is 11.9 Å². The molecule has 0 fully saturated rings. The summed E-state index contributed by atoms with van der Waals surface area (Å²) in [5.74, 6) is 0.917. The third kappa shape index (κ3) is 5.20. The van der Waals surface area contributed by atoms with Gasteiger partial charge in [0.15, 0.2) is 5.82 Å². The number of aromatic nitrogens is 3. The van der Waals surface area contributed by atoms with E-state index in [0.29, 0.717) is 11.9 Å². The molecule has 0 saturated carbocycles. The molecule has 0 atom stereocenters. The van der Waals surface area contributed by atoms with Crippen LogP contribution in [0.15, 0.2) is 107 Å². The lowest BCUT2D eigenvalue weighted by Gasteiger charge is -2.10. The SMILES string of the molecule is OCc1nc(Nc2ccc(N=Nc3ccccc3)cc2)nc(Nc2ccc3ccccc3c2)n1. The van der Waals surface area contributed by atoms with Crippen LogP contribution in [0.1, 0.15) is 5.82 Å². The van der Waals surface area contributed by atoms with Crippen molar-refractivity contribution >= 4 is 45.4 Å². The summed E-state index contributed by atoms with van der Waals surface area (Å²) in [4.78, 5) is 13.0. The molecule has 0 unspecified atom stereocenters. The fourth-order valence-corrected chi connectivity index (χ4v) is 3.35. The van der Waals surface area contributed by atoms with Gasteiger partial charge in [-0.2, -0.15) is 25.2 Å². The first-order valence-electron chi connectivity index (χ1n) is 10.7. The maximum Gasteiger partial charge on any atom is 0.232 e.